The van der Waals surface area contributed by atoms with E-state index in [4.69, 9.17) is 9.47 Å². The Morgan fingerprint density at radius 1 is 1.24 bits per heavy atom. The van der Waals surface area contributed by atoms with E-state index in [-0.39, 0.29) is 0 Å². The zero-order valence-corrected chi connectivity index (χ0v) is 11.1. The van der Waals surface area contributed by atoms with Gasteiger partial charge in [0.05, 0.1) is 0 Å². The van der Waals surface area contributed by atoms with Gasteiger partial charge in [-0.25, -0.2) is 13.6 Å². The van der Waals surface area contributed by atoms with Gasteiger partial charge in [0, 0.05) is 13.8 Å². The standard InChI is InChI=1S/C13H11F2NO5/c1-13(2)20-11(18)8(12(19)21-13)10(17)16-9-6(14)4-3-5-7(9)15/h3-5,18H,1-2H3,(H,16,17). The predicted molar refractivity (Wildman–Crippen MR) is 65.9 cm³/mol. The van der Waals surface area contributed by atoms with Crippen molar-refractivity contribution < 1.29 is 33.0 Å². The van der Waals surface area contributed by atoms with Gasteiger partial charge < -0.3 is 19.9 Å². The maximum atomic E-state index is 13.4. The van der Waals surface area contributed by atoms with Crippen molar-refractivity contribution in [2.45, 2.75) is 19.6 Å². The van der Waals surface area contributed by atoms with Crippen LogP contribution in [0.25, 0.3) is 0 Å². The zero-order valence-electron chi connectivity index (χ0n) is 11.1. The molecule has 0 radical (unpaired) electrons. The average molecular weight is 299 g/mol. The number of anilines is 1. The van der Waals surface area contributed by atoms with E-state index in [1.54, 1.807) is 0 Å². The van der Waals surface area contributed by atoms with Crippen LogP contribution in [-0.4, -0.2) is 22.8 Å². The fraction of sp³-hybridized carbons (Fsp3) is 0.231. The van der Waals surface area contributed by atoms with Gasteiger partial charge in [0.1, 0.15) is 17.3 Å². The third kappa shape index (κ3) is 2.93. The number of nitrogens with one attached hydrogen (secondary N) is 1. The number of ether oxygens (including phenoxy) is 2. The first-order valence-electron chi connectivity index (χ1n) is 5.82. The van der Waals surface area contributed by atoms with Crippen molar-refractivity contribution in [2.24, 2.45) is 0 Å². The quantitative estimate of drug-likeness (QED) is 0.644. The molecular weight excluding hydrogens is 288 g/mol. The molecule has 0 atom stereocenters. The van der Waals surface area contributed by atoms with E-state index >= 15 is 0 Å². The molecule has 0 aliphatic carbocycles. The van der Waals surface area contributed by atoms with Crippen molar-refractivity contribution in [3.8, 4) is 0 Å². The Balaban J connectivity index is 2.31. The van der Waals surface area contributed by atoms with Crippen molar-refractivity contribution in [2.75, 3.05) is 5.32 Å². The van der Waals surface area contributed by atoms with E-state index in [0.29, 0.717) is 0 Å². The first-order valence-corrected chi connectivity index (χ1v) is 5.82. The summed E-state index contributed by atoms with van der Waals surface area (Å²) in [7, 11) is 0. The minimum Gasteiger partial charge on any atom is -0.480 e. The van der Waals surface area contributed by atoms with Crippen molar-refractivity contribution in [1.82, 2.24) is 0 Å². The summed E-state index contributed by atoms with van der Waals surface area (Å²) >= 11 is 0. The Morgan fingerprint density at radius 3 is 2.33 bits per heavy atom. The molecule has 1 amide bonds. The number of hydrogen-bond donors (Lipinski definition) is 2. The SMILES string of the molecule is CC1(C)OC(=O)C(C(=O)Nc2c(F)cccc2F)=C(O)O1. The van der Waals surface area contributed by atoms with E-state index in [9.17, 15) is 23.5 Å². The lowest BCUT2D eigenvalue weighted by molar-refractivity contribution is -0.221. The van der Waals surface area contributed by atoms with Crippen LogP contribution in [0.3, 0.4) is 0 Å². The largest absolute Gasteiger partial charge is 0.480 e. The maximum Gasteiger partial charge on any atom is 0.354 e. The normalized spacial score (nSPS) is 17.0. The van der Waals surface area contributed by atoms with E-state index in [0.717, 1.165) is 18.2 Å². The first-order chi connectivity index (χ1) is 9.71. The molecule has 0 aromatic heterocycles. The maximum absolute atomic E-state index is 13.4. The zero-order chi connectivity index (χ0) is 15.8. The van der Waals surface area contributed by atoms with Gasteiger partial charge in [0.15, 0.2) is 0 Å². The Bertz CT molecular complexity index is 634. The molecule has 1 aliphatic heterocycles. The molecule has 1 aliphatic rings. The lowest BCUT2D eigenvalue weighted by Crippen LogP contribution is -2.40. The highest BCUT2D eigenvalue weighted by Crippen LogP contribution is 2.26. The number of para-hydroxylation sites is 1. The monoisotopic (exact) mass is 299 g/mol. The molecule has 0 fully saturated rings. The van der Waals surface area contributed by atoms with Crippen LogP contribution < -0.4 is 5.32 Å². The Labute approximate surface area is 118 Å². The van der Waals surface area contributed by atoms with Gasteiger partial charge in [0.25, 0.3) is 11.7 Å². The van der Waals surface area contributed by atoms with Gasteiger partial charge in [-0.2, -0.15) is 0 Å². The lowest BCUT2D eigenvalue weighted by atomic mass is 10.2. The number of aliphatic hydroxyl groups excluding tert-OH is 1. The summed E-state index contributed by atoms with van der Waals surface area (Å²) in [5.74, 6) is -6.92. The lowest BCUT2D eigenvalue weighted by Gasteiger charge is -2.30. The molecule has 1 heterocycles. The van der Waals surface area contributed by atoms with Crippen LogP contribution in [0.4, 0.5) is 14.5 Å². The van der Waals surface area contributed by atoms with Crippen LogP contribution in [0.2, 0.25) is 0 Å². The first kappa shape index (κ1) is 14.8. The molecule has 2 rings (SSSR count). The second-order valence-electron chi connectivity index (χ2n) is 4.62. The molecule has 0 spiro atoms. The molecule has 8 heteroatoms. The van der Waals surface area contributed by atoms with Crippen molar-refractivity contribution in [3.05, 3.63) is 41.4 Å². The highest BCUT2D eigenvalue weighted by molar-refractivity contribution is 6.21. The van der Waals surface area contributed by atoms with Gasteiger partial charge in [-0.05, 0) is 12.1 Å². The number of halogens is 2. The summed E-state index contributed by atoms with van der Waals surface area (Å²) in [6.45, 7) is 2.68. The number of rotatable bonds is 2. The molecule has 2 N–H and O–H groups in total. The Morgan fingerprint density at radius 2 is 1.81 bits per heavy atom. The highest BCUT2D eigenvalue weighted by Gasteiger charge is 2.40. The molecular formula is C13H11F2NO5. The third-order valence-electron chi connectivity index (χ3n) is 2.53. The molecule has 21 heavy (non-hydrogen) atoms. The number of cyclic esters (lactones) is 1. The third-order valence-corrected chi connectivity index (χ3v) is 2.53. The van der Waals surface area contributed by atoms with Crippen LogP contribution in [0.15, 0.2) is 29.7 Å². The number of carbonyl (C=O) groups excluding carboxylic acids is 2. The van der Waals surface area contributed by atoms with Crippen LogP contribution in [0.5, 0.6) is 0 Å². The fourth-order valence-corrected chi connectivity index (χ4v) is 1.65. The van der Waals surface area contributed by atoms with E-state index in [2.05, 4.69) is 0 Å². The summed E-state index contributed by atoms with van der Waals surface area (Å²) in [6.07, 6.45) is 0. The topological polar surface area (TPSA) is 84.9 Å². The van der Waals surface area contributed by atoms with E-state index < -0.39 is 46.5 Å². The molecule has 0 unspecified atom stereocenters. The van der Waals surface area contributed by atoms with Gasteiger partial charge >= 0.3 is 11.9 Å². The summed E-state index contributed by atoms with van der Waals surface area (Å²) in [4.78, 5) is 23.5. The smallest absolute Gasteiger partial charge is 0.354 e. The molecule has 112 valence electrons. The van der Waals surface area contributed by atoms with Crippen molar-refractivity contribution >= 4 is 17.6 Å². The molecule has 0 bridgehead atoms. The van der Waals surface area contributed by atoms with E-state index in [1.807, 2.05) is 5.32 Å². The van der Waals surface area contributed by atoms with Crippen molar-refractivity contribution in [1.29, 1.82) is 0 Å². The molecule has 0 saturated carbocycles. The van der Waals surface area contributed by atoms with E-state index in [1.165, 1.54) is 13.8 Å². The van der Waals surface area contributed by atoms with Gasteiger partial charge in [-0.3, -0.25) is 4.79 Å². The average Bonchev–Trinajstić information content (AvgIpc) is 2.31. The minimum atomic E-state index is -1.45. The molecule has 0 saturated heterocycles. The van der Waals surface area contributed by atoms with Gasteiger partial charge in [-0.1, -0.05) is 6.07 Å². The molecule has 1 aromatic rings. The number of amides is 1. The highest BCUT2D eigenvalue weighted by atomic mass is 19.1. The van der Waals surface area contributed by atoms with Gasteiger partial charge in [-0.15, -0.1) is 0 Å². The second-order valence-corrected chi connectivity index (χ2v) is 4.62. The van der Waals surface area contributed by atoms with Crippen LogP contribution in [0.1, 0.15) is 13.8 Å². The number of esters is 1. The predicted octanol–water partition coefficient (Wildman–Crippen LogP) is 1.98. The van der Waals surface area contributed by atoms with Crippen LogP contribution >= 0.6 is 0 Å². The molecule has 1 aromatic carbocycles. The Kier molecular flexibility index (Phi) is 3.54. The second kappa shape index (κ2) is 5.04. The fourth-order valence-electron chi connectivity index (χ4n) is 1.65. The van der Waals surface area contributed by atoms with Crippen LogP contribution in [0, 0.1) is 11.6 Å². The van der Waals surface area contributed by atoms with Crippen molar-refractivity contribution in [3.63, 3.8) is 0 Å². The molecule has 6 nitrogen and oxygen atoms in total. The number of benzene rings is 1. The summed E-state index contributed by atoms with van der Waals surface area (Å²) < 4.78 is 36.4. The Hall–Kier alpha value is -2.64. The summed E-state index contributed by atoms with van der Waals surface area (Å²) in [6, 6.07) is 2.95. The summed E-state index contributed by atoms with van der Waals surface area (Å²) in [5.41, 5.74) is -1.63. The summed E-state index contributed by atoms with van der Waals surface area (Å²) in [5, 5.41) is 11.4. The number of aliphatic hydroxyl groups is 1. The van der Waals surface area contributed by atoms with Crippen LogP contribution in [-0.2, 0) is 19.1 Å². The number of hydrogen-bond acceptors (Lipinski definition) is 5. The minimum absolute atomic E-state index is 0.750. The van der Waals surface area contributed by atoms with Gasteiger partial charge in [0.2, 0.25) is 5.57 Å². The number of carbonyl (C=O) groups is 2.